The maximum Gasteiger partial charge on any atom is 0.317 e. The first-order chi connectivity index (χ1) is 13.0. The maximum atomic E-state index is 12.2. The smallest absolute Gasteiger partial charge is 0.317 e. The van der Waals surface area contributed by atoms with Gasteiger partial charge in [0.1, 0.15) is 11.5 Å². The third-order valence-corrected chi connectivity index (χ3v) is 3.82. The van der Waals surface area contributed by atoms with Crippen LogP contribution in [0.4, 0.5) is 10.5 Å². The summed E-state index contributed by atoms with van der Waals surface area (Å²) in [7, 11) is 1.69. The van der Waals surface area contributed by atoms with Crippen LogP contribution in [0.25, 0.3) is 0 Å². The van der Waals surface area contributed by atoms with Crippen molar-refractivity contribution < 1.29 is 18.5 Å². The molecule has 0 bridgehead atoms. The summed E-state index contributed by atoms with van der Waals surface area (Å²) in [6.45, 7) is 2.53. The molecular formula is C19H20N4O4. The lowest BCUT2D eigenvalue weighted by atomic mass is 10.2. The number of hydrogen-bond donors (Lipinski definition) is 2. The van der Waals surface area contributed by atoms with Crippen LogP contribution in [-0.2, 0) is 13.1 Å². The van der Waals surface area contributed by atoms with Crippen LogP contribution in [0.1, 0.15) is 27.6 Å². The monoisotopic (exact) mass is 368 g/mol. The van der Waals surface area contributed by atoms with E-state index in [0.29, 0.717) is 30.2 Å². The van der Waals surface area contributed by atoms with Crippen LogP contribution in [0.15, 0.2) is 57.7 Å². The molecule has 8 nitrogen and oxygen atoms in total. The summed E-state index contributed by atoms with van der Waals surface area (Å²) in [6, 6.07) is 12.0. The summed E-state index contributed by atoms with van der Waals surface area (Å²) in [4.78, 5) is 25.6. The van der Waals surface area contributed by atoms with Gasteiger partial charge in [0.15, 0.2) is 5.76 Å². The lowest BCUT2D eigenvalue weighted by molar-refractivity contribution is 0.0996. The minimum atomic E-state index is -0.314. The minimum absolute atomic E-state index is 0.217. The van der Waals surface area contributed by atoms with Crippen molar-refractivity contribution in [1.82, 2.24) is 15.4 Å². The van der Waals surface area contributed by atoms with E-state index in [4.69, 9.17) is 8.94 Å². The molecule has 0 saturated heterocycles. The second-order valence-corrected chi connectivity index (χ2v) is 6.07. The van der Waals surface area contributed by atoms with E-state index in [-0.39, 0.29) is 17.7 Å². The predicted octanol–water partition coefficient (Wildman–Crippen LogP) is 3.17. The summed E-state index contributed by atoms with van der Waals surface area (Å²) >= 11 is 0. The number of urea groups is 1. The predicted molar refractivity (Wildman–Crippen MR) is 98.0 cm³/mol. The molecule has 27 heavy (non-hydrogen) atoms. The highest BCUT2D eigenvalue weighted by molar-refractivity contribution is 6.02. The van der Waals surface area contributed by atoms with E-state index in [1.807, 2.05) is 12.1 Å². The van der Waals surface area contributed by atoms with Gasteiger partial charge < -0.3 is 24.5 Å². The highest BCUT2D eigenvalue weighted by Crippen LogP contribution is 2.12. The number of amides is 3. The molecule has 2 aromatic heterocycles. The van der Waals surface area contributed by atoms with Crippen LogP contribution < -0.4 is 10.6 Å². The molecule has 0 aliphatic rings. The average Bonchev–Trinajstić information content (AvgIpc) is 3.33. The molecule has 3 amide bonds. The lowest BCUT2D eigenvalue weighted by Crippen LogP contribution is -2.36. The number of benzene rings is 1. The van der Waals surface area contributed by atoms with E-state index in [0.717, 1.165) is 5.56 Å². The van der Waals surface area contributed by atoms with E-state index in [2.05, 4.69) is 15.8 Å². The first-order valence-corrected chi connectivity index (χ1v) is 8.36. The van der Waals surface area contributed by atoms with Crippen molar-refractivity contribution in [1.29, 1.82) is 0 Å². The fraction of sp³-hybridized carbons (Fsp3) is 0.211. The van der Waals surface area contributed by atoms with Crippen LogP contribution in [0.3, 0.4) is 0 Å². The number of carbonyl (C=O) groups is 2. The molecule has 0 unspecified atom stereocenters. The van der Waals surface area contributed by atoms with Gasteiger partial charge in [0.25, 0.3) is 5.91 Å². The third kappa shape index (κ3) is 4.97. The zero-order valence-corrected chi connectivity index (χ0v) is 15.1. The number of carbonyl (C=O) groups excluding carboxylic acids is 2. The fourth-order valence-corrected chi connectivity index (χ4v) is 2.43. The van der Waals surface area contributed by atoms with Crippen molar-refractivity contribution in [2.45, 2.75) is 20.0 Å². The number of anilines is 1. The molecule has 0 spiro atoms. The molecule has 2 N–H and O–H groups in total. The summed E-state index contributed by atoms with van der Waals surface area (Å²) in [5, 5.41) is 9.44. The number of rotatable bonds is 6. The van der Waals surface area contributed by atoms with Gasteiger partial charge in [-0.3, -0.25) is 4.79 Å². The van der Waals surface area contributed by atoms with Crippen LogP contribution >= 0.6 is 0 Å². The molecule has 0 atom stereocenters. The van der Waals surface area contributed by atoms with Crippen molar-refractivity contribution >= 4 is 17.6 Å². The largest absolute Gasteiger partial charge is 0.459 e. The molecule has 140 valence electrons. The molecule has 1 aromatic carbocycles. The van der Waals surface area contributed by atoms with Crippen LogP contribution in [0, 0.1) is 6.92 Å². The SMILES string of the molecule is Cc1cc(CN(C)C(=O)NCc2ccc(NC(=O)c3ccco3)cc2)no1. The van der Waals surface area contributed by atoms with Gasteiger partial charge in [0, 0.05) is 25.3 Å². The van der Waals surface area contributed by atoms with E-state index in [9.17, 15) is 9.59 Å². The Kier molecular flexibility index (Phi) is 5.55. The van der Waals surface area contributed by atoms with Crippen LogP contribution in [-0.4, -0.2) is 29.0 Å². The van der Waals surface area contributed by atoms with Gasteiger partial charge in [-0.15, -0.1) is 0 Å². The molecule has 8 heteroatoms. The van der Waals surface area contributed by atoms with Gasteiger partial charge in [-0.05, 0) is 36.8 Å². The van der Waals surface area contributed by atoms with Gasteiger partial charge in [-0.2, -0.15) is 0 Å². The normalized spacial score (nSPS) is 10.4. The summed E-state index contributed by atoms with van der Waals surface area (Å²) in [5.74, 6) is 0.639. The Labute approximate surface area is 156 Å². The number of hydrogen-bond acceptors (Lipinski definition) is 5. The molecule has 0 aliphatic carbocycles. The Hall–Kier alpha value is -3.55. The second-order valence-electron chi connectivity index (χ2n) is 6.07. The first-order valence-electron chi connectivity index (χ1n) is 8.36. The topological polar surface area (TPSA) is 101 Å². The van der Waals surface area contributed by atoms with Crippen molar-refractivity contribution in [2.24, 2.45) is 0 Å². The summed E-state index contributed by atoms with van der Waals surface area (Å²) < 4.78 is 10.0. The fourth-order valence-electron chi connectivity index (χ4n) is 2.43. The highest BCUT2D eigenvalue weighted by atomic mass is 16.5. The van der Waals surface area contributed by atoms with Gasteiger partial charge in [0.2, 0.25) is 0 Å². The standard InChI is InChI=1S/C19H20N4O4/c1-13-10-16(22-27-13)12-23(2)19(25)20-11-14-5-7-15(8-6-14)21-18(24)17-4-3-9-26-17/h3-10H,11-12H2,1-2H3,(H,20,25)(H,21,24). The van der Waals surface area contributed by atoms with Crippen LogP contribution in [0.5, 0.6) is 0 Å². The molecule has 0 saturated carbocycles. The van der Waals surface area contributed by atoms with Gasteiger partial charge >= 0.3 is 6.03 Å². The maximum absolute atomic E-state index is 12.2. The Morgan fingerprint density at radius 2 is 1.96 bits per heavy atom. The zero-order chi connectivity index (χ0) is 19.2. The third-order valence-electron chi connectivity index (χ3n) is 3.82. The zero-order valence-electron chi connectivity index (χ0n) is 15.1. The van der Waals surface area contributed by atoms with Gasteiger partial charge in [-0.25, -0.2) is 4.79 Å². The molecular weight excluding hydrogens is 348 g/mol. The average molecular weight is 368 g/mol. The second kappa shape index (κ2) is 8.22. The lowest BCUT2D eigenvalue weighted by Gasteiger charge is -2.16. The molecule has 0 fully saturated rings. The summed E-state index contributed by atoms with van der Waals surface area (Å²) in [5.41, 5.74) is 2.25. The van der Waals surface area contributed by atoms with E-state index in [1.54, 1.807) is 44.3 Å². The van der Waals surface area contributed by atoms with Crippen molar-refractivity contribution in [3.8, 4) is 0 Å². The van der Waals surface area contributed by atoms with Crippen molar-refractivity contribution in [3.63, 3.8) is 0 Å². The van der Waals surface area contributed by atoms with Gasteiger partial charge in [-0.1, -0.05) is 17.3 Å². The van der Waals surface area contributed by atoms with Crippen molar-refractivity contribution in [2.75, 3.05) is 12.4 Å². The Morgan fingerprint density at radius 3 is 2.59 bits per heavy atom. The molecule has 3 rings (SSSR count). The first kappa shape index (κ1) is 18.2. The van der Waals surface area contributed by atoms with E-state index >= 15 is 0 Å². The number of nitrogens with zero attached hydrogens (tertiary/aromatic N) is 2. The molecule has 0 aliphatic heterocycles. The number of furan rings is 1. The van der Waals surface area contributed by atoms with E-state index in [1.165, 1.54) is 11.2 Å². The highest BCUT2D eigenvalue weighted by Gasteiger charge is 2.12. The molecule has 0 radical (unpaired) electrons. The minimum Gasteiger partial charge on any atom is -0.459 e. The Bertz CT molecular complexity index is 900. The number of nitrogens with one attached hydrogen (secondary N) is 2. The Morgan fingerprint density at radius 1 is 1.19 bits per heavy atom. The quantitative estimate of drug-likeness (QED) is 0.696. The van der Waals surface area contributed by atoms with E-state index < -0.39 is 0 Å². The van der Waals surface area contributed by atoms with Crippen LogP contribution in [0.2, 0.25) is 0 Å². The molecule has 2 heterocycles. The Balaban J connectivity index is 1.48. The number of aromatic nitrogens is 1. The van der Waals surface area contributed by atoms with Crippen molar-refractivity contribution in [3.05, 3.63) is 71.5 Å². The van der Waals surface area contributed by atoms with Gasteiger partial charge in [0.05, 0.1) is 12.8 Å². The number of aryl methyl sites for hydroxylation is 1. The summed E-state index contributed by atoms with van der Waals surface area (Å²) in [6.07, 6.45) is 1.45. The molecule has 3 aromatic rings.